The van der Waals surface area contributed by atoms with Gasteiger partial charge in [0.05, 0.1) is 6.61 Å². The van der Waals surface area contributed by atoms with Gasteiger partial charge in [-0.15, -0.1) is 0 Å². The predicted octanol–water partition coefficient (Wildman–Crippen LogP) is 3.35. The maximum atomic E-state index is 13.4. The third kappa shape index (κ3) is 2.51. The fraction of sp³-hybridized carbons (Fsp3) is 0.200. The largest absolute Gasteiger partial charge is 0.493 e. The van der Waals surface area contributed by atoms with Crippen LogP contribution in [0.25, 0.3) is 11.1 Å². The highest BCUT2D eigenvalue weighted by Crippen LogP contribution is 2.30. The van der Waals surface area contributed by atoms with E-state index in [4.69, 9.17) is 10.5 Å². The van der Waals surface area contributed by atoms with Gasteiger partial charge in [-0.25, -0.2) is 4.39 Å². The number of rotatable bonds is 4. The Morgan fingerprint density at radius 1 is 1.17 bits per heavy atom. The fourth-order valence-electron chi connectivity index (χ4n) is 1.89. The average Bonchev–Trinajstić information content (AvgIpc) is 2.40. The molecule has 0 bridgehead atoms. The zero-order chi connectivity index (χ0) is 13.0. The van der Waals surface area contributed by atoms with Crippen molar-refractivity contribution in [3.63, 3.8) is 0 Å². The maximum Gasteiger partial charge on any atom is 0.127 e. The standard InChI is InChI=1S/C15H16FNO/c1-2-18-15-6-4-3-5-13(15)11-7-8-14(16)12(9-11)10-17/h3-9H,2,10,17H2,1H3. The molecule has 94 valence electrons. The van der Waals surface area contributed by atoms with E-state index >= 15 is 0 Å². The molecule has 2 aromatic rings. The third-order valence-corrected chi connectivity index (χ3v) is 2.76. The van der Waals surface area contributed by atoms with Gasteiger partial charge in [0.2, 0.25) is 0 Å². The van der Waals surface area contributed by atoms with Crippen LogP contribution in [-0.4, -0.2) is 6.61 Å². The molecule has 0 radical (unpaired) electrons. The van der Waals surface area contributed by atoms with Crippen LogP contribution >= 0.6 is 0 Å². The minimum atomic E-state index is -0.268. The molecule has 2 nitrogen and oxygen atoms in total. The molecule has 0 unspecified atom stereocenters. The van der Waals surface area contributed by atoms with Crippen LogP contribution in [-0.2, 0) is 6.54 Å². The average molecular weight is 245 g/mol. The summed E-state index contributed by atoms with van der Waals surface area (Å²) in [5.74, 6) is 0.532. The van der Waals surface area contributed by atoms with Crippen molar-refractivity contribution in [2.75, 3.05) is 6.61 Å². The van der Waals surface area contributed by atoms with Gasteiger partial charge in [-0.3, -0.25) is 0 Å². The normalized spacial score (nSPS) is 10.4. The summed E-state index contributed by atoms with van der Waals surface area (Å²) >= 11 is 0. The van der Waals surface area contributed by atoms with Crippen LogP contribution in [0.4, 0.5) is 4.39 Å². The van der Waals surface area contributed by atoms with Gasteiger partial charge in [-0.05, 0) is 30.7 Å². The summed E-state index contributed by atoms with van der Waals surface area (Å²) in [6, 6.07) is 12.7. The lowest BCUT2D eigenvalue weighted by Gasteiger charge is -2.11. The Balaban J connectivity index is 2.48. The summed E-state index contributed by atoms with van der Waals surface area (Å²) in [4.78, 5) is 0. The van der Waals surface area contributed by atoms with Crippen molar-refractivity contribution in [3.05, 3.63) is 53.8 Å². The highest BCUT2D eigenvalue weighted by Gasteiger charge is 2.08. The van der Waals surface area contributed by atoms with Gasteiger partial charge in [0, 0.05) is 17.7 Å². The molecule has 2 aromatic carbocycles. The molecule has 0 atom stereocenters. The summed E-state index contributed by atoms with van der Waals surface area (Å²) in [7, 11) is 0. The Morgan fingerprint density at radius 2 is 1.94 bits per heavy atom. The number of halogens is 1. The molecule has 2 rings (SSSR count). The molecule has 0 aliphatic heterocycles. The molecule has 0 aliphatic rings. The Morgan fingerprint density at radius 3 is 2.67 bits per heavy atom. The highest BCUT2D eigenvalue weighted by atomic mass is 19.1. The van der Waals surface area contributed by atoms with E-state index in [1.807, 2.05) is 31.2 Å². The van der Waals surface area contributed by atoms with Crippen molar-refractivity contribution < 1.29 is 9.13 Å². The van der Waals surface area contributed by atoms with E-state index in [9.17, 15) is 4.39 Å². The van der Waals surface area contributed by atoms with Gasteiger partial charge in [0.15, 0.2) is 0 Å². The van der Waals surface area contributed by atoms with Crippen LogP contribution in [0.1, 0.15) is 12.5 Å². The highest BCUT2D eigenvalue weighted by molar-refractivity contribution is 5.70. The van der Waals surface area contributed by atoms with Gasteiger partial charge in [-0.2, -0.15) is 0 Å². The van der Waals surface area contributed by atoms with Gasteiger partial charge in [0.1, 0.15) is 11.6 Å². The zero-order valence-electron chi connectivity index (χ0n) is 10.3. The molecule has 0 amide bonds. The lowest BCUT2D eigenvalue weighted by atomic mass is 10.0. The van der Waals surface area contributed by atoms with Crippen LogP contribution in [0.2, 0.25) is 0 Å². The summed E-state index contributed by atoms with van der Waals surface area (Å²) in [5.41, 5.74) is 7.91. The molecule has 2 N–H and O–H groups in total. The molecule has 0 saturated carbocycles. The topological polar surface area (TPSA) is 35.2 Å². The molecule has 18 heavy (non-hydrogen) atoms. The molecule has 0 saturated heterocycles. The van der Waals surface area contributed by atoms with Crippen LogP contribution in [0.15, 0.2) is 42.5 Å². The van der Waals surface area contributed by atoms with Crippen molar-refractivity contribution in [2.45, 2.75) is 13.5 Å². The Kier molecular flexibility index (Phi) is 3.95. The van der Waals surface area contributed by atoms with Crippen molar-refractivity contribution in [2.24, 2.45) is 5.73 Å². The molecule has 3 heteroatoms. The smallest absolute Gasteiger partial charge is 0.127 e. The van der Waals surface area contributed by atoms with Crippen LogP contribution in [0.5, 0.6) is 5.75 Å². The molecule has 0 fully saturated rings. The van der Waals surface area contributed by atoms with Crippen molar-refractivity contribution in [1.29, 1.82) is 0 Å². The van der Waals surface area contributed by atoms with Crippen molar-refractivity contribution in [3.8, 4) is 16.9 Å². The van der Waals surface area contributed by atoms with Crippen LogP contribution < -0.4 is 10.5 Å². The molecule has 0 spiro atoms. The van der Waals surface area contributed by atoms with Gasteiger partial charge in [0.25, 0.3) is 0 Å². The number of hydrogen-bond donors (Lipinski definition) is 1. The molecule has 0 heterocycles. The second-order valence-corrected chi connectivity index (χ2v) is 3.94. The van der Waals surface area contributed by atoms with Crippen LogP contribution in [0.3, 0.4) is 0 Å². The summed E-state index contributed by atoms with van der Waals surface area (Å²) in [5, 5.41) is 0. The van der Waals surface area contributed by atoms with E-state index in [-0.39, 0.29) is 12.4 Å². The predicted molar refractivity (Wildman–Crippen MR) is 70.9 cm³/mol. The zero-order valence-corrected chi connectivity index (χ0v) is 10.3. The first-order valence-electron chi connectivity index (χ1n) is 5.97. The minimum Gasteiger partial charge on any atom is -0.493 e. The molecule has 0 aliphatic carbocycles. The number of para-hydroxylation sites is 1. The first-order chi connectivity index (χ1) is 8.76. The quantitative estimate of drug-likeness (QED) is 0.896. The van der Waals surface area contributed by atoms with Gasteiger partial charge in [-0.1, -0.05) is 24.3 Å². The number of benzene rings is 2. The van der Waals surface area contributed by atoms with E-state index < -0.39 is 0 Å². The van der Waals surface area contributed by atoms with Crippen molar-refractivity contribution in [1.82, 2.24) is 0 Å². The Labute approximate surface area is 106 Å². The Bertz CT molecular complexity index is 540. The van der Waals surface area contributed by atoms with Gasteiger partial charge >= 0.3 is 0 Å². The van der Waals surface area contributed by atoms with E-state index in [1.54, 1.807) is 12.1 Å². The Hall–Kier alpha value is -1.87. The number of hydrogen-bond acceptors (Lipinski definition) is 2. The monoisotopic (exact) mass is 245 g/mol. The number of nitrogens with two attached hydrogens (primary N) is 1. The van der Waals surface area contributed by atoms with E-state index in [2.05, 4.69) is 0 Å². The summed E-state index contributed by atoms with van der Waals surface area (Å²) in [6.45, 7) is 2.73. The lowest BCUT2D eigenvalue weighted by Crippen LogP contribution is -2.00. The minimum absolute atomic E-state index is 0.191. The second kappa shape index (κ2) is 5.65. The first kappa shape index (κ1) is 12.6. The molecule has 0 aromatic heterocycles. The SMILES string of the molecule is CCOc1ccccc1-c1ccc(F)c(CN)c1. The fourth-order valence-corrected chi connectivity index (χ4v) is 1.89. The number of ether oxygens (including phenoxy) is 1. The molecular formula is C15H16FNO. The maximum absolute atomic E-state index is 13.4. The summed E-state index contributed by atoms with van der Waals surface area (Å²) in [6.07, 6.45) is 0. The molecular weight excluding hydrogens is 229 g/mol. The summed E-state index contributed by atoms with van der Waals surface area (Å²) < 4.78 is 19.0. The van der Waals surface area contributed by atoms with Crippen LogP contribution in [0, 0.1) is 5.82 Å². The van der Waals surface area contributed by atoms with E-state index in [0.717, 1.165) is 16.9 Å². The third-order valence-electron chi connectivity index (χ3n) is 2.76. The van der Waals surface area contributed by atoms with E-state index in [0.29, 0.717) is 12.2 Å². The second-order valence-electron chi connectivity index (χ2n) is 3.94. The van der Waals surface area contributed by atoms with Crippen molar-refractivity contribution >= 4 is 0 Å². The van der Waals surface area contributed by atoms with Gasteiger partial charge < -0.3 is 10.5 Å². The lowest BCUT2D eigenvalue weighted by molar-refractivity contribution is 0.341. The van der Waals surface area contributed by atoms with E-state index in [1.165, 1.54) is 6.07 Å². The first-order valence-corrected chi connectivity index (χ1v) is 5.97.